The topological polar surface area (TPSA) is 115 Å². The van der Waals surface area contributed by atoms with E-state index < -0.39 is 10.0 Å². The summed E-state index contributed by atoms with van der Waals surface area (Å²) in [6.45, 7) is 3.85. The van der Waals surface area contributed by atoms with Crippen LogP contribution in [0.3, 0.4) is 0 Å². The third-order valence-electron chi connectivity index (χ3n) is 4.43. The van der Waals surface area contributed by atoms with Gasteiger partial charge in [0.15, 0.2) is 11.5 Å². The Balaban J connectivity index is 1.57. The molecule has 0 aromatic carbocycles. The Morgan fingerprint density at radius 3 is 2.96 bits per heavy atom. The van der Waals surface area contributed by atoms with E-state index >= 15 is 0 Å². The van der Waals surface area contributed by atoms with Gasteiger partial charge in [-0.1, -0.05) is 0 Å². The minimum Gasteiger partial charge on any atom is -0.373 e. The summed E-state index contributed by atoms with van der Waals surface area (Å²) in [4.78, 5) is 19.8. The van der Waals surface area contributed by atoms with Crippen LogP contribution >= 0.6 is 0 Å². The lowest BCUT2D eigenvalue weighted by atomic mass is 10.2. The second-order valence-electron chi connectivity index (χ2n) is 6.70. The zero-order valence-electron chi connectivity index (χ0n) is 15.6. The molecule has 0 radical (unpaired) electrons. The van der Waals surface area contributed by atoms with Crippen molar-refractivity contribution >= 4 is 21.5 Å². The van der Waals surface area contributed by atoms with E-state index in [0.717, 1.165) is 29.1 Å². The summed E-state index contributed by atoms with van der Waals surface area (Å²) >= 11 is 0. The fraction of sp³-hybridized carbons (Fsp3) is 0.412. The van der Waals surface area contributed by atoms with Crippen molar-refractivity contribution in [3.63, 3.8) is 0 Å². The number of rotatable bonds is 5. The van der Waals surface area contributed by atoms with Crippen LogP contribution in [-0.2, 0) is 14.8 Å². The molecule has 148 valence electrons. The predicted octanol–water partition coefficient (Wildman–Crippen LogP) is 0.249. The number of anilines is 1. The van der Waals surface area contributed by atoms with Crippen LogP contribution in [0.5, 0.6) is 0 Å². The number of ether oxygens (including phenoxy) is 1. The summed E-state index contributed by atoms with van der Waals surface area (Å²) in [5, 5.41) is 0. The average molecular weight is 403 g/mol. The van der Waals surface area contributed by atoms with Crippen molar-refractivity contribution in [3.05, 3.63) is 36.5 Å². The van der Waals surface area contributed by atoms with Gasteiger partial charge in [0.05, 0.1) is 37.1 Å². The first-order chi connectivity index (χ1) is 13.4. The van der Waals surface area contributed by atoms with E-state index in [1.807, 2.05) is 23.6 Å². The molecule has 0 aliphatic carbocycles. The predicted molar refractivity (Wildman–Crippen MR) is 104 cm³/mol. The number of aromatic nitrogens is 5. The summed E-state index contributed by atoms with van der Waals surface area (Å²) in [6, 6.07) is 1.84. The molecule has 1 fully saturated rings. The van der Waals surface area contributed by atoms with Crippen LogP contribution in [0.25, 0.3) is 17.2 Å². The average Bonchev–Trinajstić information content (AvgIpc) is 3.09. The van der Waals surface area contributed by atoms with E-state index in [-0.39, 0.29) is 12.6 Å². The number of nitrogens with zero attached hydrogens (tertiary/aromatic N) is 6. The van der Waals surface area contributed by atoms with Gasteiger partial charge in [-0.3, -0.25) is 9.38 Å². The Labute approximate surface area is 162 Å². The van der Waals surface area contributed by atoms with Crippen LogP contribution in [0.1, 0.15) is 5.69 Å². The van der Waals surface area contributed by atoms with Crippen molar-refractivity contribution in [1.82, 2.24) is 29.1 Å². The molecule has 0 bridgehead atoms. The van der Waals surface area contributed by atoms with Gasteiger partial charge in [-0.25, -0.2) is 28.1 Å². The standard InChI is InChI=1S/C17H21N7O3S/c1-12-10-24-14(8-20-16(24)9-19-12)17-18-4-3-15(22-17)23-5-6-27-13(11-23)7-21-28(2,25)26/h3-4,8-10,13,21H,5-7,11H2,1-2H3/t13-/m1/s1. The number of fused-ring (bicyclic) bond motifs is 1. The second kappa shape index (κ2) is 7.41. The number of imidazole rings is 1. The number of hydrogen-bond acceptors (Lipinski definition) is 8. The van der Waals surface area contributed by atoms with Gasteiger partial charge >= 0.3 is 0 Å². The molecule has 28 heavy (non-hydrogen) atoms. The van der Waals surface area contributed by atoms with Crippen LogP contribution in [-0.4, -0.2) is 71.4 Å². The molecule has 4 rings (SSSR count). The van der Waals surface area contributed by atoms with Crippen molar-refractivity contribution in [2.24, 2.45) is 0 Å². The van der Waals surface area contributed by atoms with E-state index in [2.05, 4.69) is 24.6 Å². The van der Waals surface area contributed by atoms with E-state index in [0.29, 0.717) is 25.5 Å². The van der Waals surface area contributed by atoms with Gasteiger partial charge in [0, 0.05) is 32.0 Å². The summed E-state index contributed by atoms with van der Waals surface area (Å²) in [7, 11) is -3.26. The fourth-order valence-electron chi connectivity index (χ4n) is 3.10. The van der Waals surface area contributed by atoms with Crippen LogP contribution in [0.4, 0.5) is 5.82 Å². The van der Waals surface area contributed by atoms with Crippen molar-refractivity contribution in [2.75, 3.05) is 37.4 Å². The molecular formula is C17H21N7O3S. The molecular weight excluding hydrogens is 382 g/mol. The van der Waals surface area contributed by atoms with Gasteiger partial charge in [0.1, 0.15) is 11.5 Å². The monoisotopic (exact) mass is 403 g/mol. The normalized spacial score (nSPS) is 17.9. The van der Waals surface area contributed by atoms with E-state index in [1.54, 1.807) is 18.6 Å². The molecule has 1 saturated heterocycles. The van der Waals surface area contributed by atoms with Crippen molar-refractivity contribution < 1.29 is 13.2 Å². The lowest BCUT2D eigenvalue weighted by Gasteiger charge is -2.33. The zero-order valence-corrected chi connectivity index (χ0v) is 16.4. The third-order valence-corrected chi connectivity index (χ3v) is 5.12. The van der Waals surface area contributed by atoms with E-state index in [1.165, 1.54) is 0 Å². The van der Waals surface area contributed by atoms with Gasteiger partial charge in [0.25, 0.3) is 0 Å². The highest BCUT2D eigenvalue weighted by Crippen LogP contribution is 2.21. The summed E-state index contributed by atoms with van der Waals surface area (Å²) in [6.07, 6.45) is 7.95. The number of morpholine rings is 1. The second-order valence-corrected chi connectivity index (χ2v) is 8.53. The number of nitrogens with one attached hydrogen (secondary N) is 1. The van der Waals surface area contributed by atoms with E-state index in [4.69, 9.17) is 9.72 Å². The molecule has 1 N–H and O–H groups in total. The van der Waals surface area contributed by atoms with Crippen LogP contribution < -0.4 is 9.62 Å². The number of sulfonamides is 1. The highest BCUT2D eigenvalue weighted by atomic mass is 32.2. The Kier molecular flexibility index (Phi) is 4.96. The maximum atomic E-state index is 11.3. The molecule has 11 heteroatoms. The Morgan fingerprint density at radius 2 is 2.14 bits per heavy atom. The van der Waals surface area contributed by atoms with Gasteiger partial charge in [0.2, 0.25) is 10.0 Å². The minimum atomic E-state index is -3.26. The van der Waals surface area contributed by atoms with Crippen molar-refractivity contribution in [3.8, 4) is 11.5 Å². The van der Waals surface area contributed by atoms with Crippen molar-refractivity contribution in [2.45, 2.75) is 13.0 Å². The summed E-state index contributed by atoms with van der Waals surface area (Å²) < 4.78 is 32.7. The summed E-state index contributed by atoms with van der Waals surface area (Å²) in [5.41, 5.74) is 2.39. The fourth-order valence-corrected chi connectivity index (χ4v) is 3.58. The third kappa shape index (κ3) is 4.11. The first kappa shape index (κ1) is 18.7. The largest absolute Gasteiger partial charge is 0.373 e. The molecule has 3 aromatic heterocycles. The Bertz CT molecular complexity index is 1100. The van der Waals surface area contributed by atoms with Gasteiger partial charge in [-0.15, -0.1) is 0 Å². The molecule has 10 nitrogen and oxygen atoms in total. The van der Waals surface area contributed by atoms with Gasteiger partial charge in [-0.2, -0.15) is 0 Å². The minimum absolute atomic E-state index is 0.229. The Hall–Kier alpha value is -2.63. The molecule has 4 heterocycles. The molecule has 1 aliphatic rings. The molecule has 1 aliphatic heterocycles. The summed E-state index contributed by atoms with van der Waals surface area (Å²) in [5.74, 6) is 1.33. The van der Waals surface area contributed by atoms with Crippen LogP contribution in [0.15, 0.2) is 30.9 Å². The quantitative estimate of drug-likeness (QED) is 0.645. The highest BCUT2D eigenvalue weighted by molar-refractivity contribution is 7.88. The molecule has 3 aromatic rings. The van der Waals surface area contributed by atoms with Crippen LogP contribution in [0.2, 0.25) is 0 Å². The molecule has 0 unspecified atom stereocenters. The Morgan fingerprint density at radius 1 is 1.29 bits per heavy atom. The lowest BCUT2D eigenvalue weighted by molar-refractivity contribution is 0.0440. The first-order valence-corrected chi connectivity index (χ1v) is 10.7. The maximum Gasteiger partial charge on any atom is 0.208 e. The van der Waals surface area contributed by atoms with Crippen molar-refractivity contribution in [1.29, 1.82) is 0 Å². The van der Waals surface area contributed by atoms with E-state index in [9.17, 15) is 8.42 Å². The van der Waals surface area contributed by atoms with Gasteiger partial charge in [-0.05, 0) is 13.0 Å². The molecule has 0 amide bonds. The number of hydrogen-bond donors (Lipinski definition) is 1. The maximum absolute atomic E-state index is 11.3. The van der Waals surface area contributed by atoms with Gasteiger partial charge < -0.3 is 9.64 Å². The highest BCUT2D eigenvalue weighted by Gasteiger charge is 2.23. The zero-order chi connectivity index (χ0) is 19.7. The smallest absolute Gasteiger partial charge is 0.208 e. The molecule has 1 atom stereocenters. The molecule has 0 spiro atoms. The first-order valence-electron chi connectivity index (χ1n) is 8.83. The number of aryl methyl sites for hydroxylation is 1. The van der Waals surface area contributed by atoms with Crippen LogP contribution in [0, 0.1) is 6.92 Å². The SMILES string of the molecule is Cc1cn2c(-c3nccc(N4CCO[C@H](CNS(C)(=O)=O)C4)n3)cnc2cn1. The molecule has 0 saturated carbocycles. The lowest BCUT2D eigenvalue weighted by Crippen LogP contribution is -2.47.